The van der Waals surface area contributed by atoms with E-state index in [0.717, 1.165) is 30.0 Å². The largest absolute Gasteiger partial charge is 0.496 e. The van der Waals surface area contributed by atoms with Crippen LogP contribution in [0.5, 0.6) is 11.5 Å². The highest BCUT2D eigenvalue weighted by Gasteiger charge is 2.12. The van der Waals surface area contributed by atoms with Crippen LogP contribution in [-0.2, 0) is 17.8 Å². The molecule has 4 nitrogen and oxygen atoms in total. The molecule has 1 rings (SSSR count). The van der Waals surface area contributed by atoms with Crippen LogP contribution in [0.2, 0.25) is 0 Å². The Morgan fingerprint density at radius 2 is 1.65 bits per heavy atom. The topological polar surface area (TPSA) is 39.7 Å². The number of ether oxygens (including phenoxy) is 3. The van der Waals surface area contributed by atoms with Crippen molar-refractivity contribution in [3.63, 3.8) is 0 Å². The van der Waals surface area contributed by atoms with E-state index in [1.807, 2.05) is 19.2 Å². The first-order valence-corrected chi connectivity index (χ1v) is 5.64. The Morgan fingerprint density at radius 3 is 2.06 bits per heavy atom. The highest BCUT2D eigenvalue weighted by molar-refractivity contribution is 5.48. The Kier molecular flexibility index (Phi) is 5.80. The number of rotatable bonds is 7. The summed E-state index contributed by atoms with van der Waals surface area (Å²) in [5.74, 6) is 1.63. The van der Waals surface area contributed by atoms with Crippen LogP contribution in [0.4, 0.5) is 0 Å². The minimum Gasteiger partial charge on any atom is -0.496 e. The van der Waals surface area contributed by atoms with Crippen molar-refractivity contribution in [1.29, 1.82) is 0 Å². The highest BCUT2D eigenvalue weighted by atomic mass is 16.5. The molecule has 0 amide bonds. The second-order valence-electron chi connectivity index (χ2n) is 3.77. The van der Waals surface area contributed by atoms with Crippen LogP contribution in [0.25, 0.3) is 0 Å². The molecule has 0 atom stereocenters. The van der Waals surface area contributed by atoms with Gasteiger partial charge in [0, 0.05) is 7.11 Å². The van der Waals surface area contributed by atoms with Crippen molar-refractivity contribution in [2.45, 2.75) is 13.0 Å². The maximum Gasteiger partial charge on any atom is 0.128 e. The number of hydrogen-bond acceptors (Lipinski definition) is 4. The number of hydrogen-bond donors (Lipinski definition) is 1. The van der Waals surface area contributed by atoms with Gasteiger partial charge in [0.25, 0.3) is 0 Å². The maximum absolute atomic E-state index is 5.38. The Balaban J connectivity index is 3.05. The second-order valence-corrected chi connectivity index (χ2v) is 3.77. The fraction of sp³-hybridized carbons (Fsp3) is 0.538. The lowest BCUT2D eigenvalue weighted by Crippen LogP contribution is -2.11. The van der Waals surface area contributed by atoms with Crippen molar-refractivity contribution in [2.75, 3.05) is 34.9 Å². The van der Waals surface area contributed by atoms with Crippen LogP contribution in [-0.4, -0.2) is 34.9 Å². The van der Waals surface area contributed by atoms with Crippen molar-refractivity contribution in [3.05, 3.63) is 23.3 Å². The van der Waals surface area contributed by atoms with Crippen LogP contribution >= 0.6 is 0 Å². The lowest BCUT2D eigenvalue weighted by Gasteiger charge is -2.14. The summed E-state index contributed by atoms with van der Waals surface area (Å²) in [5, 5.41) is 3.12. The summed E-state index contributed by atoms with van der Waals surface area (Å²) < 4.78 is 15.9. The summed E-state index contributed by atoms with van der Waals surface area (Å²) in [7, 11) is 6.92. The molecule has 96 valence electrons. The average molecular weight is 239 g/mol. The van der Waals surface area contributed by atoms with Crippen LogP contribution in [0, 0.1) is 0 Å². The molecule has 1 aromatic rings. The first-order valence-electron chi connectivity index (χ1n) is 5.64. The number of nitrogens with one attached hydrogen (secondary N) is 1. The van der Waals surface area contributed by atoms with Crippen LogP contribution < -0.4 is 14.8 Å². The van der Waals surface area contributed by atoms with Gasteiger partial charge in [0.1, 0.15) is 11.5 Å². The molecule has 0 saturated heterocycles. The molecule has 0 bridgehead atoms. The fourth-order valence-electron chi connectivity index (χ4n) is 1.74. The van der Waals surface area contributed by atoms with Crippen molar-refractivity contribution in [2.24, 2.45) is 0 Å². The molecule has 0 saturated carbocycles. The van der Waals surface area contributed by atoms with Gasteiger partial charge in [0.15, 0.2) is 0 Å². The van der Waals surface area contributed by atoms with Gasteiger partial charge < -0.3 is 19.5 Å². The van der Waals surface area contributed by atoms with Crippen molar-refractivity contribution in [3.8, 4) is 11.5 Å². The first-order chi connectivity index (χ1) is 8.26. The number of likely N-dealkylation sites (N-methyl/N-ethyl adjacent to an activating group) is 1. The summed E-state index contributed by atoms with van der Waals surface area (Å²) in [5.41, 5.74) is 2.14. The molecular formula is C13H21NO3. The minimum atomic E-state index is 0.485. The van der Waals surface area contributed by atoms with E-state index in [2.05, 4.69) is 5.32 Å². The zero-order valence-corrected chi connectivity index (χ0v) is 11.0. The van der Waals surface area contributed by atoms with E-state index in [1.54, 1.807) is 21.3 Å². The second kappa shape index (κ2) is 7.14. The molecule has 0 aliphatic heterocycles. The van der Waals surface area contributed by atoms with Gasteiger partial charge in [-0.2, -0.15) is 0 Å². The van der Waals surface area contributed by atoms with Crippen molar-refractivity contribution < 1.29 is 14.2 Å². The predicted molar refractivity (Wildman–Crippen MR) is 67.9 cm³/mol. The summed E-state index contributed by atoms with van der Waals surface area (Å²) in [4.78, 5) is 0. The van der Waals surface area contributed by atoms with Gasteiger partial charge in [-0.1, -0.05) is 0 Å². The molecule has 0 heterocycles. The van der Waals surface area contributed by atoms with Crippen LogP contribution in [0.3, 0.4) is 0 Å². The Labute approximate surface area is 103 Å². The Bertz CT molecular complexity index is 328. The quantitative estimate of drug-likeness (QED) is 0.784. The smallest absolute Gasteiger partial charge is 0.128 e. The summed E-state index contributed by atoms with van der Waals surface area (Å²) in [6.45, 7) is 1.41. The van der Waals surface area contributed by atoms with Gasteiger partial charge in [-0.3, -0.25) is 0 Å². The molecule has 17 heavy (non-hydrogen) atoms. The number of methoxy groups -OCH3 is 3. The molecule has 0 radical (unpaired) electrons. The lowest BCUT2D eigenvalue weighted by molar-refractivity contribution is 0.178. The highest BCUT2D eigenvalue weighted by Crippen LogP contribution is 2.31. The lowest BCUT2D eigenvalue weighted by atomic mass is 10.1. The molecule has 0 aliphatic rings. The Hall–Kier alpha value is -1.26. The molecule has 0 fully saturated rings. The molecule has 1 N–H and O–H groups in total. The first kappa shape index (κ1) is 13.8. The third-order valence-electron chi connectivity index (χ3n) is 2.62. The zero-order valence-electron chi connectivity index (χ0n) is 11.0. The summed E-state index contributed by atoms with van der Waals surface area (Å²) >= 11 is 0. The van der Waals surface area contributed by atoms with Gasteiger partial charge in [0.05, 0.1) is 26.4 Å². The predicted octanol–water partition coefficient (Wildman–Crippen LogP) is 1.61. The zero-order chi connectivity index (χ0) is 12.7. The van der Waals surface area contributed by atoms with E-state index in [-0.39, 0.29) is 0 Å². The van der Waals surface area contributed by atoms with E-state index in [9.17, 15) is 0 Å². The SMILES string of the molecule is CNCCc1cc(OC)c(COC)c(OC)c1. The van der Waals surface area contributed by atoms with Crippen LogP contribution in [0.1, 0.15) is 11.1 Å². The minimum absolute atomic E-state index is 0.485. The number of benzene rings is 1. The standard InChI is InChI=1S/C13H21NO3/c1-14-6-5-10-7-12(16-3)11(9-15-2)13(8-10)17-4/h7-8,14H,5-6,9H2,1-4H3. The van der Waals surface area contributed by atoms with Crippen molar-refractivity contribution in [1.82, 2.24) is 5.32 Å². The van der Waals surface area contributed by atoms with Gasteiger partial charge >= 0.3 is 0 Å². The van der Waals surface area contributed by atoms with E-state index < -0.39 is 0 Å². The van der Waals surface area contributed by atoms with E-state index in [0.29, 0.717) is 6.61 Å². The van der Waals surface area contributed by atoms with E-state index in [1.165, 1.54) is 5.56 Å². The molecular weight excluding hydrogens is 218 g/mol. The van der Waals surface area contributed by atoms with Gasteiger partial charge in [0.2, 0.25) is 0 Å². The summed E-state index contributed by atoms with van der Waals surface area (Å²) in [6, 6.07) is 4.07. The van der Waals surface area contributed by atoms with E-state index in [4.69, 9.17) is 14.2 Å². The molecule has 0 spiro atoms. The summed E-state index contributed by atoms with van der Waals surface area (Å²) in [6.07, 6.45) is 0.941. The molecule has 0 aromatic heterocycles. The molecule has 1 aromatic carbocycles. The van der Waals surface area contributed by atoms with Crippen LogP contribution in [0.15, 0.2) is 12.1 Å². The van der Waals surface area contributed by atoms with E-state index >= 15 is 0 Å². The van der Waals surface area contributed by atoms with Gasteiger partial charge in [-0.05, 0) is 37.7 Å². The molecule has 4 heteroatoms. The fourth-order valence-corrected chi connectivity index (χ4v) is 1.74. The van der Waals surface area contributed by atoms with Crippen molar-refractivity contribution >= 4 is 0 Å². The molecule has 0 aliphatic carbocycles. The molecule has 0 unspecified atom stereocenters. The van der Waals surface area contributed by atoms with Gasteiger partial charge in [-0.15, -0.1) is 0 Å². The third kappa shape index (κ3) is 3.61. The maximum atomic E-state index is 5.38. The Morgan fingerprint density at radius 1 is 1.06 bits per heavy atom. The average Bonchev–Trinajstić information content (AvgIpc) is 2.37. The monoisotopic (exact) mass is 239 g/mol. The van der Waals surface area contributed by atoms with Gasteiger partial charge in [-0.25, -0.2) is 0 Å². The normalized spacial score (nSPS) is 10.4. The third-order valence-corrected chi connectivity index (χ3v) is 2.62.